The van der Waals surface area contributed by atoms with Crippen LogP contribution in [0.25, 0.3) is 44.3 Å². The van der Waals surface area contributed by atoms with Crippen LogP contribution in [0.4, 0.5) is 0 Å². The average Bonchev–Trinajstić information content (AvgIpc) is 4.16. The van der Waals surface area contributed by atoms with Crippen molar-refractivity contribution in [2.24, 2.45) is 5.73 Å². The first kappa shape index (κ1) is 49.2. The average molecular weight is 933 g/mol. The first-order valence-corrected chi connectivity index (χ1v) is 24.6. The second kappa shape index (κ2) is 24.9. The summed E-state index contributed by atoms with van der Waals surface area (Å²) in [6.07, 6.45) is 9.53. The summed E-state index contributed by atoms with van der Waals surface area (Å²) in [6.45, 7) is 0. The lowest BCUT2D eigenvalue weighted by Crippen LogP contribution is -2.42. The molecule has 332 valence electrons. The van der Waals surface area contributed by atoms with Crippen LogP contribution < -0.4 is 11.1 Å². The molecule has 0 aliphatic heterocycles. The Kier molecular flexibility index (Phi) is 19.1. The van der Waals surface area contributed by atoms with Gasteiger partial charge in [0.2, 0.25) is 0 Å². The number of nitrogens with two attached hydrogens (primary N) is 1. The van der Waals surface area contributed by atoms with Gasteiger partial charge in [0.05, 0.1) is 41.9 Å². The predicted molar refractivity (Wildman–Crippen MR) is 268 cm³/mol. The number of ketones is 2. The molecule has 11 nitrogen and oxygen atoms in total. The number of amides is 1. The molecule has 0 bridgehead atoms. The van der Waals surface area contributed by atoms with E-state index < -0.39 is 12.0 Å². The van der Waals surface area contributed by atoms with E-state index in [1.165, 1.54) is 22.7 Å². The van der Waals surface area contributed by atoms with E-state index >= 15 is 0 Å². The number of rotatable bonds is 17. The van der Waals surface area contributed by atoms with Gasteiger partial charge in [-0.15, -0.1) is 22.7 Å². The number of hydrogen-bond donors (Lipinski definition) is 5. The first-order chi connectivity index (χ1) is 30.6. The Hall–Kier alpha value is -5.84. The highest BCUT2D eigenvalue weighted by Gasteiger charge is 2.23. The molecule has 15 heteroatoms. The van der Waals surface area contributed by atoms with Gasteiger partial charge in [-0.25, -0.2) is 14.8 Å². The largest absolute Gasteiger partial charge is 0.478 e. The van der Waals surface area contributed by atoms with Crippen molar-refractivity contribution < 1.29 is 24.3 Å². The number of benzene rings is 4. The number of thioether (sulfide) groups is 2. The zero-order chi connectivity index (χ0) is 44.6. The van der Waals surface area contributed by atoms with E-state index in [0.717, 1.165) is 72.3 Å². The van der Waals surface area contributed by atoms with Crippen LogP contribution in [-0.2, 0) is 22.4 Å². The Balaban J connectivity index is 0.000000199. The van der Waals surface area contributed by atoms with Crippen LogP contribution in [0.15, 0.2) is 132 Å². The van der Waals surface area contributed by atoms with Crippen molar-refractivity contribution in [2.75, 3.05) is 24.0 Å². The van der Waals surface area contributed by atoms with Crippen molar-refractivity contribution in [1.29, 1.82) is 0 Å². The molecule has 0 saturated heterocycles. The SMILES string of the molecule is C.CSCC[C@H](N)C(=O)Cc1nc(-c2ccccc2)cs1.CSCC[C@H](NC(=O)c1ccc2[nH]ccc2c1)C(=O)Cc1nc(-c2ccccc2)cs1.O=C(O)c1ccc2[nH]ccc2c1. The van der Waals surface area contributed by atoms with Crippen LogP contribution in [0, 0.1) is 0 Å². The summed E-state index contributed by atoms with van der Waals surface area (Å²) >= 11 is 6.37. The quantitative estimate of drug-likeness (QED) is 0.0589. The molecular weight excluding hydrogens is 881 g/mol. The highest BCUT2D eigenvalue weighted by atomic mass is 32.2. The number of carbonyl (C=O) groups is 4. The highest BCUT2D eigenvalue weighted by molar-refractivity contribution is 7.98. The number of aromatic amines is 2. The van der Waals surface area contributed by atoms with Crippen molar-refractivity contribution >= 4 is 91.4 Å². The molecule has 0 aliphatic rings. The van der Waals surface area contributed by atoms with Gasteiger partial charge in [-0.3, -0.25) is 14.4 Å². The lowest BCUT2D eigenvalue weighted by atomic mass is 10.1. The van der Waals surface area contributed by atoms with Crippen molar-refractivity contribution in [3.8, 4) is 22.5 Å². The number of aromatic nitrogens is 4. The lowest BCUT2D eigenvalue weighted by molar-refractivity contribution is -0.120. The van der Waals surface area contributed by atoms with E-state index in [2.05, 4.69) is 25.3 Å². The standard InChI is InChI=1S/C24H23N3O2S2.C15H18N2OS2.C9H7NO2.CH4/c1-30-12-10-20(27-24(29)18-7-8-19-17(13-18)9-11-25-19)22(28)14-23-26-21(15-31-23)16-5-3-2-4-6-16;1-19-8-7-12(16)14(18)9-15-17-13(10-20-15)11-5-3-2-4-6-11;11-9(12)7-1-2-8-6(5-7)3-4-10-8;/h2-9,11,13,15,20,25H,10,12,14H2,1H3,(H,27,29);2-6,10,12H,7-9,16H2,1H3;1-5,10H,(H,11,12);1H4/t20-;12-;;/m00../s1. The van der Waals surface area contributed by atoms with Gasteiger partial charge >= 0.3 is 5.97 Å². The number of carboxylic acids is 1. The second-order valence-corrected chi connectivity index (χ2v) is 18.2. The molecule has 1 amide bonds. The first-order valence-electron chi connectivity index (χ1n) is 20.1. The van der Waals surface area contributed by atoms with Crippen LogP contribution >= 0.6 is 46.2 Å². The molecular formula is C49H52N6O5S4. The Morgan fingerprint density at radius 3 is 1.67 bits per heavy atom. The van der Waals surface area contributed by atoms with Gasteiger partial charge in [0.1, 0.15) is 10.0 Å². The van der Waals surface area contributed by atoms with Crippen LogP contribution in [-0.4, -0.2) is 84.6 Å². The normalized spacial score (nSPS) is 11.6. The minimum atomic E-state index is -0.891. The number of thiazole rings is 2. The van der Waals surface area contributed by atoms with Crippen LogP contribution in [0.1, 0.15) is 51.0 Å². The zero-order valence-electron chi connectivity index (χ0n) is 34.8. The van der Waals surface area contributed by atoms with E-state index in [1.807, 2.05) is 114 Å². The smallest absolute Gasteiger partial charge is 0.335 e. The van der Waals surface area contributed by atoms with E-state index in [1.54, 1.807) is 54.0 Å². The van der Waals surface area contributed by atoms with Crippen LogP contribution in [0.3, 0.4) is 0 Å². The summed E-state index contributed by atoms with van der Waals surface area (Å²) in [7, 11) is 0. The fourth-order valence-electron chi connectivity index (χ4n) is 6.40. The van der Waals surface area contributed by atoms with Gasteiger partial charge in [-0.1, -0.05) is 68.1 Å². The maximum atomic E-state index is 13.0. The van der Waals surface area contributed by atoms with E-state index in [9.17, 15) is 19.2 Å². The molecule has 8 aromatic rings. The van der Waals surface area contributed by atoms with E-state index in [4.69, 9.17) is 10.8 Å². The molecule has 0 unspecified atom stereocenters. The maximum absolute atomic E-state index is 13.0. The van der Waals surface area contributed by atoms with Crippen LogP contribution in [0.2, 0.25) is 0 Å². The maximum Gasteiger partial charge on any atom is 0.335 e. The monoisotopic (exact) mass is 932 g/mol. The molecule has 0 aliphatic carbocycles. The van der Waals surface area contributed by atoms with Crippen LogP contribution in [0.5, 0.6) is 0 Å². The third-order valence-electron chi connectivity index (χ3n) is 9.86. The molecule has 0 saturated carbocycles. The summed E-state index contributed by atoms with van der Waals surface area (Å²) in [6, 6.07) is 33.3. The molecule has 6 N–H and O–H groups in total. The summed E-state index contributed by atoms with van der Waals surface area (Å²) in [4.78, 5) is 63.7. The number of fused-ring (bicyclic) bond motifs is 2. The van der Waals surface area contributed by atoms with Gasteiger partial charge in [0.15, 0.2) is 11.6 Å². The summed E-state index contributed by atoms with van der Waals surface area (Å²) in [5.41, 5.74) is 12.6. The molecule has 4 aromatic heterocycles. The number of Topliss-reactive ketones (excluding diaryl/α,β-unsaturated/α-hetero) is 2. The number of hydrogen-bond acceptors (Lipinski definition) is 11. The Morgan fingerprint density at radius 2 is 1.16 bits per heavy atom. The van der Waals surface area contributed by atoms with Crippen molar-refractivity contribution in [3.05, 3.63) is 153 Å². The molecule has 0 spiro atoms. The summed E-state index contributed by atoms with van der Waals surface area (Å²) in [5, 5.41) is 19.1. The molecule has 4 heterocycles. The summed E-state index contributed by atoms with van der Waals surface area (Å²) in [5.74, 6) is 0.651. The number of carbonyl (C=O) groups excluding carboxylic acids is 3. The molecule has 2 atom stereocenters. The molecule has 8 rings (SSSR count). The van der Waals surface area contributed by atoms with Gasteiger partial charge in [0.25, 0.3) is 5.91 Å². The number of carboxylic acid groups (broad SMARTS) is 1. The molecule has 0 fully saturated rings. The third-order valence-corrected chi connectivity index (χ3v) is 12.8. The fraction of sp³-hybridized carbons (Fsp3) is 0.224. The van der Waals surface area contributed by atoms with Gasteiger partial charge < -0.3 is 26.1 Å². The number of nitrogens with zero attached hydrogens (tertiary/aromatic N) is 2. The molecule has 0 radical (unpaired) electrons. The van der Waals surface area contributed by atoms with Crippen molar-refractivity contribution in [3.63, 3.8) is 0 Å². The molecule has 4 aromatic carbocycles. The van der Waals surface area contributed by atoms with E-state index in [0.29, 0.717) is 24.0 Å². The zero-order valence-corrected chi connectivity index (χ0v) is 38.1. The number of H-pyrrole nitrogens is 2. The number of nitrogens with one attached hydrogen (secondary N) is 3. The highest BCUT2D eigenvalue weighted by Crippen LogP contribution is 2.24. The Bertz CT molecular complexity index is 2730. The predicted octanol–water partition coefficient (Wildman–Crippen LogP) is 10.5. The van der Waals surface area contributed by atoms with Gasteiger partial charge in [0, 0.05) is 61.7 Å². The number of aromatic carboxylic acids is 1. The minimum absolute atomic E-state index is 0. The second-order valence-electron chi connectivity index (χ2n) is 14.3. The van der Waals surface area contributed by atoms with Gasteiger partial charge in [-0.05, 0) is 85.4 Å². The Morgan fingerprint density at radius 1 is 0.672 bits per heavy atom. The summed E-state index contributed by atoms with van der Waals surface area (Å²) < 4.78 is 0. The van der Waals surface area contributed by atoms with Crippen molar-refractivity contribution in [1.82, 2.24) is 25.3 Å². The fourth-order valence-corrected chi connectivity index (χ4v) is 8.98. The van der Waals surface area contributed by atoms with Gasteiger partial charge in [-0.2, -0.15) is 23.5 Å². The third kappa shape index (κ3) is 14.1. The minimum Gasteiger partial charge on any atom is -0.478 e. The Labute approximate surface area is 389 Å². The topological polar surface area (TPSA) is 184 Å². The lowest BCUT2D eigenvalue weighted by Gasteiger charge is -2.17. The van der Waals surface area contributed by atoms with E-state index in [-0.39, 0.29) is 37.4 Å². The molecule has 64 heavy (non-hydrogen) atoms. The van der Waals surface area contributed by atoms with Crippen molar-refractivity contribution in [2.45, 2.75) is 45.2 Å².